The smallest absolute Gasteiger partial charge is 0.338 e. The molecule has 1 atom stereocenters. The average Bonchev–Trinajstić information content (AvgIpc) is 2.74. The first-order valence-electron chi connectivity index (χ1n) is 9.43. The van der Waals surface area contributed by atoms with Gasteiger partial charge < -0.3 is 20.1 Å². The number of hydrogen-bond donors (Lipinski definition) is 2. The highest BCUT2D eigenvalue weighted by Crippen LogP contribution is 2.40. The minimum absolute atomic E-state index is 0.185. The zero-order chi connectivity index (χ0) is 21.5. The van der Waals surface area contributed by atoms with Gasteiger partial charge in [-0.15, -0.1) is 0 Å². The Hall–Kier alpha value is -3.63. The molecule has 0 saturated carbocycles. The molecule has 0 radical (unpaired) electrons. The van der Waals surface area contributed by atoms with E-state index in [0.717, 1.165) is 11.3 Å². The van der Waals surface area contributed by atoms with Crippen molar-refractivity contribution in [3.63, 3.8) is 0 Å². The highest BCUT2D eigenvalue weighted by Gasteiger charge is 2.37. The number of nitriles is 1. The molecule has 2 aromatic rings. The molecular weight excluding hydrogens is 398 g/mol. The van der Waals surface area contributed by atoms with Gasteiger partial charge in [0.25, 0.3) is 0 Å². The van der Waals surface area contributed by atoms with Gasteiger partial charge >= 0.3 is 5.97 Å². The Kier molecular flexibility index (Phi) is 6.83. The van der Waals surface area contributed by atoms with Crippen LogP contribution in [0, 0.1) is 11.3 Å². The third kappa shape index (κ3) is 4.67. The van der Waals surface area contributed by atoms with E-state index < -0.39 is 11.9 Å². The van der Waals surface area contributed by atoms with Crippen LogP contribution in [0.1, 0.15) is 25.3 Å². The zero-order valence-electron chi connectivity index (χ0n) is 16.6. The second-order valence-corrected chi connectivity index (χ2v) is 6.84. The number of allylic oxidation sites excluding steroid dienone is 2. The molecule has 0 aliphatic carbocycles. The van der Waals surface area contributed by atoms with E-state index in [1.165, 1.54) is 0 Å². The van der Waals surface area contributed by atoms with Crippen LogP contribution < -0.4 is 10.6 Å². The summed E-state index contributed by atoms with van der Waals surface area (Å²) < 4.78 is 11.1. The molecule has 7 heteroatoms. The number of benzene rings is 2. The fourth-order valence-corrected chi connectivity index (χ4v) is 3.40. The van der Waals surface area contributed by atoms with Crippen molar-refractivity contribution in [2.75, 3.05) is 11.9 Å². The van der Waals surface area contributed by atoms with E-state index >= 15 is 0 Å². The summed E-state index contributed by atoms with van der Waals surface area (Å²) in [6, 6.07) is 20.9. The van der Waals surface area contributed by atoms with Crippen LogP contribution >= 0.6 is 12.2 Å². The third-order valence-electron chi connectivity index (χ3n) is 4.46. The van der Waals surface area contributed by atoms with Crippen molar-refractivity contribution in [2.24, 2.45) is 0 Å². The van der Waals surface area contributed by atoms with E-state index in [4.69, 9.17) is 21.7 Å². The number of nitrogens with one attached hydrogen (secondary N) is 2. The third-order valence-corrected chi connectivity index (χ3v) is 4.67. The van der Waals surface area contributed by atoms with E-state index in [-0.39, 0.29) is 23.2 Å². The monoisotopic (exact) mass is 419 g/mol. The highest BCUT2D eigenvalue weighted by molar-refractivity contribution is 7.80. The Labute approximate surface area is 180 Å². The minimum Gasteiger partial charge on any atom is -0.463 e. The molecule has 3 rings (SSSR count). The molecule has 6 nitrogen and oxygen atoms in total. The molecular formula is C23H21N3O3S. The Morgan fingerprint density at radius 3 is 2.37 bits per heavy atom. The average molecular weight is 420 g/mol. The molecule has 152 valence electrons. The fourth-order valence-electron chi connectivity index (χ4n) is 3.19. The Bertz CT molecular complexity index is 1040. The van der Waals surface area contributed by atoms with Gasteiger partial charge in [-0.05, 0) is 43.8 Å². The van der Waals surface area contributed by atoms with Crippen LogP contribution in [0.5, 0.6) is 0 Å². The maximum Gasteiger partial charge on any atom is 0.338 e. The largest absolute Gasteiger partial charge is 0.463 e. The van der Waals surface area contributed by atoms with Gasteiger partial charge in [0.1, 0.15) is 17.4 Å². The maximum atomic E-state index is 12.7. The van der Waals surface area contributed by atoms with Gasteiger partial charge in [0.2, 0.25) is 5.88 Å². The summed E-state index contributed by atoms with van der Waals surface area (Å²) in [6.45, 7) is 3.63. The van der Waals surface area contributed by atoms with Crippen LogP contribution in [0.3, 0.4) is 0 Å². The fraction of sp³-hybridized carbons (Fsp3) is 0.174. The van der Waals surface area contributed by atoms with Crippen molar-refractivity contribution >= 4 is 29.0 Å². The van der Waals surface area contributed by atoms with E-state index in [1.807, 2.05) is 60.7 Å². The normalized spacial score (nSPS) is 15.7. The second-order valence-electron chi connectivity index (χ2n) is 6.44. The number of hydrogen-bond acceptors (Lipinski definition) is 5. The maximum absolute atomic E-state index is 12.7. The van der Waals surface area contributed by atoms with Crippen molar-refractivity contribution in [3.05, 3.63) is 89.0 Å². The zero-order valence-corrected chi connectivity index (χ0v) is 17.5. The van der Waals surface area contributed by atoms with E-state index in [1.54, 1.807) is 13.8 Å². The number of nitrogens with zero attached hydrogens (tertiary/aromatic N) is 1. The first-order chi connectivity index (χ1) is 14.5. The molecule has 2 aromatic carbocycles. The molecule has 30 heavy (non-hydrogen) atoms. The molecule has 1 aliphatic rings. The second kappa shape index (κ2) is 9.72. The first-order valence-corrected chi connectivity index (χ1v) is 9.84. The lowest BCUT2D eigenvalue weighted by Gasteiger charge is -2.28. The Balaban J connectivity index is 1.97. The predicted octanol–water partition coefficient (Wildman–Crippen LogP) is 4.36. The van der Waals surface area contributed by atoms with Crippen LogP contribution in [0.4, 0.5) is 5.69 Å². The molecule has 0 fully saturated rings. The predicted molar refractivity (Wildman–Crippen MR) is 118 cm³/mol. The SMILES string of the molecule is CCOC(=O)C1=C(C)OC(NC(=S)Nc2ccccc2)=C(C#N)[C@H]1c1ccccc1. The van der Waals surface area contributed by atoms with Crippen LogP contribution in [0.2, 0.25) is 0 Å². The number of anilines is 1. The summed E-state index contributed by atoms with van der Waals surface area (Å²) in [6.07, 6.45) is 0. The molecule has 2 N–H and O–H groups in total. The molecule has 0 saturated heterocycles. The molecule has 0 unspecified atom stereocenters. The van der Waals surface area contributed by atoms with Gasteiger partial charge in [-0.25, -0.2) is 4.79 Å². The number of carbonyl (C=O) groups is 1. The molecule has 0 amide bonds. The summed E-state index contributed by atoms with van der Waals surface area (Å²) in [5.74, 6) is -0.608. The standard InChI is InChI=1S/C23H21N3O3S/c1-3-28-22(27)19-15(2)29-21(26-23(30)25-17-12-8-5-9-13-17)18(14-24)20(19)16-10-6-4-7-11-16/h4-13,20H,3H2,1-2H3,(H2,25,26,30)/t20-/m1/s1. The number of thiocarbonyl (C=S) groups is 1. The van der Waals surface area contributed by atoms with E-state index in [9.17, 15) is 10.1 Å². The summed E-state index contributed by atoms with van der Waals surface area (Å²) in [5, 5.41) is 16.2. The van der Waals surface area contributed by atoms with E-state index in [2.05, 4.69) is 16.7 Å². The number of rotatable bonds is 5. The van der Waals surface area contributed by atoms with Gasteiger partial charge in [0.05, 0.1) is 18.1 Å². The quantitative estimate of drug-likeness (QED) is 0.550. The lowest BCUT2D eigenvalue weighted by atomic mass is 9.83. The number of carbonyl (C=O) groups excluding carboxylic acids is 1. The minimum atomic E-state index is -0.633. The number of para-hydroxylation sites is 1. The number of ether oxygens (including phenoxy) is 2. The lowest BCUT2D eigenvalue weighted by Crippen LogP contribution is -2.33. The van der Waals surface area contributed by atoms with Gasteiger partial charge in [-0.1, -0.05) is 48.5 Å². The molecule has 0 spiro atoms. The molecule has 1 heterocycles. The van der Waals surface area contributed by atoms with Crippen LogP contribution in [0.15, 0.2) is 83.5 Å². The van der Waals surface area contributed by atoms with Crippen molar-refractivity contribution < 1.29 is 14.3 Å². The van der Waals surface area contributed by atoms with E-state index in [0.29, 0.717) is 11.3 Å². The summed E-state index contributed by atoms with van der Waals surface area (Å²) in [5.41, 5.74) is 2.11. The van der Waals surface area contributed by atoms with Crippen molar-refractivity contribution in [1.82, 2.24) is 5.32 Å². The van der Waals surface area contributed by atoms with Gasteiger partial charge in [-0.3, -0.25) is 0 Å². The summed E-state index contributed by atoms with van der Waals surface area (Å²) in [7, 11) is 0. The number of esters is 1. The molecule has 0 aromatic heterocycles. The Morgan fingerprint density at radius 1 is 1.13 bits per heavy atom. The first kappa shape index (κ1) is 21.1. The summed E-state index contributed by atoms with van der Waals surface area (Å²) >= 11 is 5.38. The topological polar surface area (TPSA) is 83.4 Å². The van der Waals surface area contributed by atoms with Gasteiger partial charge in [0, 0.05) is 5.69 Å². The van der Waals surface area contributed by atoms with Crippen molar-refractivity contribution in [1.29, 1.82) is 5.26 Å². The lowest BCUT2D eigenvalue weighted by molar-refractivity contribution is -0.139. The van der Waals surface area contributed by atoms with Crippen LogP contribution in [-0.2, 0) is 14.3 Å². The van der Waals surface area contributed by atoms with Crippen molar-refractivity contribution in [3.8, 4) is 6.07 Å². The Morgan fingerprint density at radius 2 is 1.77 bits per heavy atom. The molecule has 1 aliphatic heterocycles. The van der Waals surface area contributed by atoms with Crippen LogP contribution in [-0.4, -0.2) is 17.7 Å². The van der Waals surface area contributed by atoms with Gasteiger partial charge in [0.15, 0.2) is 5.11 Å². The van der Waals surface area contributed by atoms with Crippen molar-refractivity contribution in [2.45, 2.75) is 19.8 Å². The summed E-state index contributed by atoms with van der Waals surface area (Å²) in [4.78, 5) is 12.7. The van der Waals surface area contributed by atoms with Crippen LogP contribution in [0.25, 0.3) is 0 Å². The highest BCUT2D eigenvalue weighted by atomic mass is 32.1. The molecule has 0 bridgehead atoms. The van der Waals surface area contributed by atoms with Gasteiger partial charge in [-0.2, -0.15) is 5.26 Å².